The van der Waals surface area contributed by atoms with Crippen molar-refractivity contribution < 1.29 is 9.13 Å². The maximum atomic E-state index is 13.6. The highest BCUT2D eigenvalue weighted by Crippen LogP contribution is 2.33. The summed E-state index contributed by atoms with van der Waals surface area (Å²) in [6.45, 7) is 3.71. The van der Waals surface area contributed by atoms with Crippen LogP contribution in [0, 0.1) is 5.82 Å². The van der Waals surface area contributed by atoms with Crippen LogP contribution in [-0.4, -0.2) is 13.2 Å². The summed E-state index contributed by atoms with van der Waals surface area (Å²) in [6, 6.07) is 4.88. The predicted octanol–water partition coefficient (Wildman–Crippen LogP) is 4.21. The van der Waals surface area contributed by atoms with Gasteiger partial charge in [0.1, 0.15) is 5.82 Å². The van der Waals surface area contributed by atoms with Crippen molar-refractivity contribution in [2.24, 2.45) is 0 Å². The van der Waals surface area contributed by atoms with Gasteiger partial charge in [0.05, 0.1) is 23.9 Å². The van der Waals surface area contributed by atoms with E-state index in [2.05, 4.69) is 12.2 Å². The van der Waals surface area contributed by atoms with Crippen LogP contribution in [0.4, 0.5) is 4.39 Å². The minimum absolute atomic E-state index is 0.0663. The SMILES string of the molecule is CCCNC(C1=COCCC1)c1cccc(F)c1Cl. The molecule has 104 valence electrons. The lowest BCUT2D eigenvalue weighted by Gasteiger charge is -2.25. The Balaban J connectivity index is 2.30. The highest BCUT2D eigenvalue weighted by atomic mass is 35.5. The van der Waals surface area contributed by atoms with Crippen molar-refractivity contribution >= 4 is 11.6 Å². The van der Waals surface area contributed by atoms with E-state index in [0.29, 0.717) is 0 Å². The van der Waals surface area contributed by atoms with E-state index in [9.17, 15) is 4.39 Å². The number of hydrogen-bond acceptors (Lipinski definition) is 2. The molecule has 1 aromatic carbocycles. The van der Waals surface area contributed by atoms with Gasteiger partial charge in [0.25, 0.3) is 0 Å². The summed E-state index contributed by atoms with van der Waals surface area (Å²) in [4.78, 5) is 0. The smallest absolute Gasteiger partial charge is 0.142 e. The molecule has 19 heavy (non-hydrogen) atoms. The van der Waals surface area contributed by atoms with Crippen LogP contribution in [0.3, 0.4) is 0 Å². The normalized spacial score (nSPS) is 16.7. The summed E-state index contributed by atoms with van der Waals surface area (Å²) in [5, 5.41) is 3.62. The van der Waals surface area contributed by atoms with Gasteiger partial charge < -0.3 is 10.1 Å². The highest BCUT2D eigenvalue weighted by Gasteiger charge is 2.22. The number of nitrogens with one attached hydrogen (secondary N) is 1. The van der Waals surface area contributed by atoms with Crippen molar-refractivity contribution in [1.29, 1.82) is 0 Å². The lowest BCUT2D eigenvalue weighted by atomic mass is 9.95. The van der Waals surface area contributed by atoms with Crippen molar-refractivity contribution in [3.63, 3.8) is 0 Å². The average molecular weight is 284 g/mol. The molecule has 0 radical (unpaired) electrons. The van der Waals surface area contributed by atoms with Gasteiger partial charge in [-0.05, 0) is 43.0 Å². The van der Waals surface area contributed by atoms with Crippen molar-refractivity contribution in [1.82, 2.24) is 5.32 Å². The van der Waals surface area contributed by atoms with Crippen LogP contribution in [0.25, 0.3) is 0 Å². The molecule has 2 nitrogen and oxygen atoms in total. The Kier molecular flexibility index (Phi) is 5.23. The molecular formula is C15H19ClFNO. The topological polar surface area (TPSA) is 21.3 Å². The summed E-state index contributed by atoms with van der Waals surface area (Å²) in [5.74, 6) is -0.375. The van der Waals surface area contributed by atoms with Crippen molar-refractivity contribution in [2.45, 2.75) is 32.2 Å². The second kappa shape index (κ2) is 6.92. The molecule has 0 saturated heterocycles. The number of rotatable bonds is 5. The number of benzene rings is 1. The molecule has 1 atom stereocenters. The van der Waals surface area contributed by atoms with Gasteiger partial charge in [-0.25, -0.2) is 4.39 Å². The van der Waals surface area contributed by atoms with Crippen molar-refractivity contribution in [3.8, 4) is 0 Å². The standard InChI is InChI=1S/C15H19ClFNO/c1-2-8-18-15(11-5-4-9-19-10-11)12-6-3-7-13(17)14(12)16/h3,6-7,10,15,18H,2,4-5,8-9H2,1H3. The van der Waals surface area contributed by atoms with Crippen LogP contribution in [0.15, 0.2) is 30.0 Å². The van der Waals surface area contributed by atoms with E-state index in [1.807, 2.05) is 6.07 Å². The minimum atomic E-state index is -0.375. The number of hydrogen-bond donors (Lipinski definition) is 1. The Bertz CT molecular complexity index is 461. The third kappa shape index (κ3) is 3.48. The Labute approximate surface area is 118 Å². The molecule has 0 aliphatic carbocycles. The summed E-state index contributed by atoms with van der Waals surface area (Å²) in [6.07, 6.45) is 4.74. The van der Waals surface area contributed by atoms with E-state index in [4.69, 9.17) is 16.3 Å². The third-order valence-electron chi connectivity index (χ3n) is 3.22. The molecule has 2 rings (SSSR count). The van der Waals surface area contributed by atoms with Gasteiger partial charge in [0.2, 0.25) is 0 Å². The predicted molar refractivity (Wildman–Crippen MR) is 75.7 cm³/mol. The zero-order valence-electron chi connectivity index (χ0n) is 11.1. The molecule has 1 N–H and O–H groups in total. The van der Waals surface area contributed by atoms with E-state index in [0.717, 1.165) is 43.6 Å². The molecule has 0 aromatic heterocycles. The fraction of sp³-hybridized carbons (Fsp3) is 0.467. The molecule has 1 aromatic rings. The quantitative estimate of drug-likeness (QED) is 0.874. The van der Waals surface area contributed by atoms with Gasteiger partial charge in [-0.1, -0.05) is 30.7 Å². The molecule has 0 bridgehead atoms. The molecule has 0 saturated carbocycles. The Morgan fingerprint density at radius 2 is 2.32 bits per heavy atom. The van der Waals surface area contributed by atoms with Crippen LogP contribution in [0.5, 0.6) is 0 Å². The lowest BCUT2D eigenvalue weighted by molar-refractivity contribution is 0.219. The average Bonchev–Trinajstić information content (AvgIpc) is 2.45. The third-order valence-corrected chi connectivity index (χ3v) is 3.62. The molecule has 0 amide bonds. The molecule has 4 heteroatoms. The van der Waals surface area contributed by atoms with Gasteiger partial charge in [-0.15, -0.1) is 0 Å². The first-order valence-corrected chi connectivity index (χ1v) is 7.09. The van der Waals surface area contributed by atoms with E-state index in [1.54, 1.807) is 12.3 Å². The number of halogens is 2. The summed E-state index contributed by atoms with van der Waals surface area (Å²) in [5.41, 5.74) is 1.92. The van der Waals surface area contributed by atoms with Crippen LogP contribution in [0.1, 0.15) is 37.8 Å². The van der Waals surface area contributed by atoms with Crippen LogP contribution in [-0.2, 0) is 4.74 Å². The van der Waals surface area contributed by atoms with Gasteiger partial charge >= 0.3 is 0 Å². The summed E-state index contributed by atoms with van der Waals surface area (Å²) >= 11 is 6.10. The second-order valence-electron chi connectivity index (χ2n) is 4.70. The molecule has 1 aliphatic rings. The highest BCUT2D eigenvalue weighted by molar-refractivity contribution is 6.31. The first-order chi connectivity index (χ1) is 9.24. The van der Waals surface area contributed by atoms with Crippen LogP contribution < -0.4 is 5.32 Å². The summed E-state index contributed by atoms with van der Waals surface area (Å²) in [7, 11) is 0. The molecule has 1 unspecified atom stereocenters. The molecule has 0 fully saturated rings. The van der Waals surface area contributed by atoms with Gasteiger partial charge in [0.15, 0.2) is 0 Å². The van der Waals surface area contributed by atoms with E-state index < -0.39 is 0 Å². The molecule has 0 spiro atoms. The number of ether oxygens (including phenoxy) is 1. The minimum Gasteiger partial charge on any atom is -0.501 e. The van der Waals surface area contributed by atoms with Gasteiger partial charge in [-0.2, -0.15) is 0 Å². The summed E-state index contributed by atoms with van der Waals surface area (Å²) < 4.78 is 19.0. The van der Waals surface area contributed by atoms with Crippen LogP contribution >= 0.6 is 11.6 Å². The monoisotopic (exact) mass is 283 g/mol. The Morgan fingerprint density at radius 1 is 1.47 bits per heavy atom. The maximum absolute atomic E-state index is 13.6. The van der Waals surface area contributed by atoms with E-state index >= 15 is 0 Å². The first-order valence-electron chi connectivity index (χ1n) is 6.72. The van der Waals surface area contributed by atoms with E-state index in [-0.39, 0.29) is 16.9 Å². The maximum Gasteiger partial charge on any atom is 0.142 e. The zero-order chi connectivity index (χ0) is 13.7. The van der Waals surface area contributed by atoms with Gasteiger partial charge in [-0.3, -0.25) is 0 Å². The zero-order valence-corrected chi connectivity index (χ0v) is 11.8. The van der Waals surface area contributed by atoms with E-state index in [1.165, 1.54) is 6.07 Å². The molecule has 1 heterocycles. The largest absolute Gasteiger partial charge is 0.501 e. The Hall–Kier alpha value is -1.06. The van der Waals surface area contributed by atoms with Crippen molar-refractivity contribution in [3.05, 3.63) is 46.4 Å². The van der Waals surface area contributed by atoms with Crippen molar-refractivity contribution in [2.75, 3.05) is 13.2 Å². The lowest BCUT2D eigenvalue weighted by Crippen LogP contribution is -2.25. The fourth-order valence-electron chi connectivity index (χ4n) is 2.27. The first kappa shape index (κ1) is 14.4. The fourth-order valence-corrected chi connectivity index (χ4v) is 2.50. The van der Waals surface area contributed by atoms with Gasteiger partial charge in [0, 0.05) is 0 Å². The molecule has 1 aliphatic heterocycles. The van der Waals surface area contributed by atoms with Crippen LogP contribution in [0.2, 0.25) is 5.02 Å². The second-order valence-corrected chi connectivity index (χ2v) is 5.08. The molecular weight excluding hydrogens is 265 g/mol. The Morgan fingerprint density at radius 3 is 3.00 bits per heavy atom.